The van der Waals surface area contributed by atoms with Crippen LogP contribution in [0.2, 0.25) is 0 Å². The van der Waals surface area contributed by atoms with Gasteiger partial charge in [-0.1, -0.05) is 40.0 Å². The van der Waals surface area contributed by atoms with Crippen molar-refractivity contribution in [3.05, 3.63) is 0 Å². The summed E-state index contributed by atoms with van der Waals surface area (Å²) in [4.78, 5) is 11.8. The Morgan fingerprint density at radius 2 is 1.94 bits per heavy atom. The highest BCUT2D eigenvalue weighted by atomic mass is 16.1. The fraction of sp³-hybridized carbons (Fsp3) is 0.933. The van der Waals surface area contributed by atoms with Crippen molar-refractivity contribution in [2.24, 2.45) is 23.0 Å². The molecule has 0 saturated heterocycles. The molecule has 0 heterocycles. The van der Waals surface area contributed by atoms with E-state index in [-0.39, 0.29) is 17.2 Å². The molecule has 1 fully saturated rings. The van der Waals surface area contributed by atoms with Crippen molar-refractivity contribution in [3.63, 3.8) is 0 Å². The Balaban J connectivity index is 2.33. The molecule has 0 aromatic rings. The number of carbonyl (C=O) groups excluding carboxylic acids is 1. The summed E-state index contributed by atoms with van der Waals surface area (Å²) in [5, 5.41) is 3.09. The van der Waals surface area contributed by atoms with Crippen LogP contribution in [0.1, 0.15) is 59.3 Å². The average molecular weight is 254 g/mol. The summed E-state index contributed by atoms with van der Waals surface area (Å²) in [5.41, 5.74) is 5.76. The monoisotopic (exact) mass is 254 g/mol. The van der Waals surface area contributed by atoms with Crippen molar-refractivity contribution in [1.82, 2.24) is 5.32 Å². The summed E-state index contributed by atoms with van der Waals surface area (Å²) in [7, 11) is 0. The smallest absolute Gasteiger partial charge is 0.220 e. The van der Waals surface area contributed by atoms with E-state index in [1.165, 1.54) is 32.1 Å². The van der Waals surface area contributed by atoms with Crippen LogP contribution in [-0.2, 0) is 4.79 Å². The maximum Gasteiger partial charge on any atom is 0.220 e. The largest absolute Gasteiger partial charge is 0.356 e. The van der Waals surface area contributed by atoms with Gasteiger partial charge in [-0.05, 0) is 36.6 Å². The van der Waals surface area contributed by atoms with Gasteiger partial charge in [0.15, 0.2) is 0 Å². The first-order valence-electron chi connectivity index (χ1n) is 7.42. The second-order valence-electron chi connectivity index (χ2n) is 6.65. The summed E-state index contributed by atoms with van der Waals surface area (Å²) in [6.07, 6.45) is 7.28. The number of hydrogen-bond acceptors (Lipinski definition) is 2. The molecule has 1 aliphatic rings. The third-order valence-corrected chi connectivity index (χ3v) is 4.39. The third kappa shape index (κ3) is 4.97. The van der Waals surface area contributed by atoms with Gasteiger partial charge in [-0.3, -0.25) is 4.79 Å². The van der Waals surface area contributed by atoms with Crippen LogP contribution in [0.25, 0.3) is 0 Å². The van der Waals surface area contributed by atoms with E-state index in [4.69, 9.17) is 5.73 Å². The zero-order valence-corrected chi connectivity index (χ0v) is 12.3. The topological polar surface area (TPSA) is 55.1 Å². The van der Waals surface area contributed by atoms with Crippen LogP contribution in [0.15, 0.2) is 0 Å². The fourth-order valence-corrected chi connectivity index (χ4v) is 2.83. The third-order valence-electron chi connectivity index (χ3n) is 4.39. The summed E-state index contributed by atoms with van der Waals surface area (Å²) in [6, 6.07) is 0. The van der Waals surface area contributed by atoms with E-state index in [0.29, 0.717) is 13.0 Å². The minimum atomic E-state index is 0.150. The Morgan fingerprint density at radius 3 is 2.50 bits per heavy atom. The van der Waals surface area contributed by atoms with Gasteiger partial charge in [-0.25, -0.2) is 0 Å². The molecule has 0 spiro atoms. The van der Waals surface area contributed by atoms with E-state index in [9.17, 15) is 4.79 Å². The van der Waals surface area contributed by atoms with Gasteiger partial charge >= 0.3 is 0 Å². The summed E-state index contributed by atoms with van der Waals surface area (Å²) in [5.74, 6) is 1.19. The Bertz CT molecular complexity index is 257. The molecular formula is C15H30N2O. The molecule has 0 aromatic carbocycles. The van der Waals surface area contributed by atoms with Crippen molar-refractivity contribution in [1.29, 1.82) is 0 Å². The predicted octanol–water partition coefficient (Wildman–Crippen LogP) is 2.69. The molecule has 1 rings (SSSR count). The van der Waals surface area contributed by atoms with Crippen molar-refractivity contribution in [3.8, 4) is 0 Å². The second-order valence-corrected chi connectivity index (χ2v) is 6.65. The van der Waals surface area contributed by atoms with E-state index in [1.54, 1.807) is 0 Å². The van der Waals surface area contributed by atoms with E-state index in [1.807, 2.05) is 6.92 Å². The average Bonchev–Trinajstić information content (AvgIpc) is 2.37. The van der Waals surface area contributed by atoms with Crippen LogP contribution >= 0.6 is 0 Å². The Kier molecular flexibility index (Phi) is 6.13. The number of rotatable bonds is 6. The Hall–Kier alpha value is -0.570. The van der Waals surface area contributed by atoms with Gasteiger partial charge in [-0.15, -0.1) is 0 Å². The van der Waals surface area contributed by atoms with E-state index >= 15 is 0 Å². The number of amides is 1. The van der Waals surface area contributed by atoms with Crippen molar-refractivity contribution >= 4 is 5.91 Å². The van der Waals surface area contributed by atoms with Crippen LogP contribution < -0.4 is 11.1 Å². The molecule has 1 amide bonds. The summed E-state index contributed by atoms with van der Waals surface area (Å²) < 4.78 is 0. The standard InChI is InChI=1S/C15H30N2O/c1-12(10-16)9-14(18)17-11-15(2,3)13-7-5-4-6-8-13/h12-13H,4-11,16H2,1-3H3,(H,17,18). The first kappa shape index (κ1) is 15.5. The zero-order chi connectivity index (χ0) is 13.6. The number of carbonyl (C=O) groups is 1. The predicted molar refractivity (Wildman–Crippen MR) is 76.2 cm³/mol. The fourth-order valence-electron chi connectivity index (χ4n) is 2.83. The maximum absolute atomic E-state index is 11.8. The molecular weight excluding hydrogens is 224 g/mol. The molecule has 3 nitrogen and oxygen atoms in total. The van der Waals surface area contributed by atoms with Crippen LogP contribution in [0, 0.1) is 17.3 Å². The normalized spacial score (nSPS) is 19.6. The number of nitrogens with two attached hydrogens (primary N) is 1. The molecule has 1 saturated carbocycles. The molecule has 0 aromatic heterocycles. The molecule has 0 radical (unpaired) electrons. The number of hydrogen-bond donors (Lipinski definition) is 2. The van der Waals surface area contributed by atoms with Gasteiger partial charge in [0, 0.05) is 13.0 Å². The van der Waals surface area contributed by atoms with Crippen molar-refractivity contribution in [2.45, 2.75) is 59.3 Å². The Morgan fingerprint density at radius 1 is 1.33 bits per heavy atom. The minimum Gasteiger partial charge on any atom is -0.356 e. The van der Waals surface area contributed by atoms with Gasteiger partial charge in [-0.2, -0.15) is 0 Å². The molecule has 106 valence electrons. The van der Waals surface area contributed by atoms with E-state index < -0.39 is 0 Å². The van der Waals surface area contributed by atoms with Gasteiger partial charge in [0.2, 0.25) is 5.91 Å². The lowest BCUT2D eigenvalue weighted by Crippen LogP contribution is -2.40. The SMILES string of the molecule is CC(CN)CC(=O)NCC(C)(C)C1CCCCC1. The highest BCUT2D eigenvalue weighted by molar-refractivity contribution is 5.76. The molecule has 1 aliphatic carbocycles. The van der Waals surface area contributed by atoms with Crippen molar-refractivity contribution < 1.29 is 4.79 Å². The lowest BCUT2D eigenvalue weighted by atomic mass is 9.71. The van der Waals surface area contributed by atoms with Gasteiger partial charge in [0.05, 0.1) is 0 Å². The first-order chi connectivity index (χ1) is 8.45. The molecule has 3 heteroatoms. The zero-order valence-electron chi connectivity index (χ0n) is 12.3. The molecule has 1 unspecified atom stereocenters. The summed E-state index contributed by atoms with van der Waals surface area (Å²) in [6.45, 7) is 7.98. The van der Waals surface area contributed by atoms with Crippen LogP contribution in [0.5, 0.6) is 0 Å². The molecule has 0 bridgehead atoms. The second kappa shape index (κ2) is 7.13. The molecule has 0 aliphatic heterocycles. The summed E-state index contributed by atoms with van der Waals surface area (Å²) >= 11 is 0. The van der Waals surface area contributed by atoms with Gasteiger partial charge in [0.1, 0.15) is 0 Å². The van der Waals surface area contributed by atoms with Crippen LogP contribution in [0.3, 0.4) is 0 Å². The molecule has 1 atom stereocenters. The van der Waals surface area contributed by atoms with Gasteiger partial charge < -0.3 is 11.1 Å². The lowest BCUT2D eigenvalue weighted by Gasteiger charge is -2.37. The lowest BCUT2D eigenvalue weighted by molar-refractivity contribution is -0.122. The first-order valence-corrected chi connectivity index (χ1v) is 7.42. The van der Waals surface area contributed by atoms with Crippen molar-refractivity contribution in [2.75, 3.05) is 13.1 Å². The number of nitrogens with one attached hydrogen (secondary N) is 1. The molecule has 18 heavy (non-hydrogen) atoms. The quantitative estimate of drug-likeness (QED) is 0.765. The minimum absolute atomic E-state index is 0.150. The van der Waals surface area contributed by atoms with Crippen LogP contribution in [0.4, 0.5) is 0 Å². The highest BCUT2D eigenvalue weighted by Crippen LogP contribution is 2.37. The maximum atomic E-state index is 11.8. The van der Waals surface area contributed by atoms with Gasteiger partial charge in [0.25, 0.3) is 0 Å². The van der Waals surface area contributed by atoms with Crippen LogP contribution in [-0.4, -0.2) is 19.0 Å². The van der Waals surface area contributed by atoms with E-state index in [0.717, 1.165) is 12.5 Å². The Labute approximate surface area is 112 Å². The highest BCUT2D eigenvalue weighted by Gasteiger charge is 2.30. The molecule has 3 N–H and O–H groups in total. The van der Waals surface area contributed by atoms with E-state index in [2.05, 4.69) is 19.2 Å².